The van der Waals surface area contributed by atoms with E-state index < -0.39 is 17.6 Å². The third-order valence-corrected chi connectivity index (χ3v) is 2.67. The van der Waals surface area contributed by atoms with Crippen LogP contribution in [0, 0.1) is 0 Å². The van der Waals surface area contributed by atoms with Crippen LogP contribution in [-0.4, -0.2) is 15.9 Å². The summed E-state index contributed by atoms with van der Waals surface area (Å²) in [5, 5.41) is 2.81. The van der Waals surface area contributed by atoms with Gasteiger partial charge in [-0.1, -0.05) is 12.1 Å². The van der Waals surface area contributed by atoms with E-state index in [0.717, 1.165) is 12.1 Å². The Kier molecular flexibility index (Phi) is 4.06. The molecule has 0 fully saturated rings. The van der Waals surface area contributed by atoms with Crippen molar-refractivity contribution < 1.29 is 18.0 Å². The molecule has 0 spiro atoms. The molecule has 0 saturated heterocycles. The van der Waals surface area contributed by atoms with Crippen LogP contribution >= 0.6 is 0 Å². The number of alkyl halides is 3. The van der Waals surface area contributed by atoms with Crippen molar-refractivity contribution in [3.8, 4) is 0 Å². The minimum Gasteiger partial charge on any atom is -0.364 e. The molecule has 0 unspecified atom stereocenters. The fraction of sp³-hybridized carbons (Fsp3) is 0.154. The second kappa shape index (κ2) is 5.78. The highest BCUT2D eigenvalue weighted by Crippen LogP contribution is 2.29. The fourth-order valence-electron chi connectivity index (χ4n) is 1.65. The van der Waals surface area contributed by atoms with Crippen LogP contribution in [0.1, 0.15) is 21.6 Å². The van der Waals surface area contributed by atoms with Crippen molar-refractivity contribution >= 4 is 11.7 Å². The van der Waals surface area contributed by atoms with E-state index in [9.17, 15) is 18.0 Å². The highest BCUT2D eigenvalue weighted by molar-refractivity contribution is 5.95. The Bertz CT molecular complexity index is 641. The van der Waals surface area contributed by atoms with Crippen LogP contribution in [0.5, 0.6) is 0 Å². The number of aromatic nitrogens is 2. The van der Waals surface area contributed by atoms with Gasteiger partial charge in [0.1, 0.15) is 0 Å². The second-order valence-corrected chi connectivity index (χ2v) is 4.17. The molecule has 21 heavy (non-hydrogen) atoms. The topological polar surface area (TPSA) is 80.9 Å². The highest BCUT2D eigenvalue weighted by atomic mass is 19.4. The predicted molar refractivity (Wildman–Crippen MR) is 69.3 cm³/mol. The zero-order chi connectivity index (χ0) is 15.5. The van der Waals surface area contributed by atoms with Gasteiger partial charge < -0.3 is 11.1 Å². The Morgan fingerprint density at radius 2 is 1.76 bits per heavy atom. The van der Waals surface area contributed by atoms with Gasteiger partial charge in [0.25, 0.3) is 5.91 Å². The van der Waals surface area contributed by atoms with Gasteiger partial charge in [-0.25, -0.2) is 9.97 Å². The molecule has 5 nitrogen and oxygen atoms in total. The molecule has 0 aliphatic heterocycles. The Hall–Kier alpha value is -2.64. The maximum Gasteiger partial charge on any atom is 0.416 e. The lowest BCUT2D eigenvalue weighted by Gasteiger charge is -2.10. The smallest absolute Gasteiger partial charge is 0.364 e. The average Bonchev–Trinajstić information content (AvgIpc) is 2.45. The minimum atomic E-state index is -4.37. The third-order valence-electron chi connectivity index (χ3n) is 2.67. The van der Waals surface area contributed by atoms with Crippen LogP contribution in [0.3, 0.4) is 0 Å². The number of nitrogens with zero attached hydrogens (tertiary/aromatic N) is 2. The summed E-state index contributed by atoms with van der Waals surface area (Å²) >= 11 is 0. The number of hydrogen-bond donors (Lipinski definition) is 2. The number of nitrogens with one attached hydrogen (secondary N) is 1. The molecular formula is C13H11F3N4O. The monoisotopic (exact) mass is 296 g/mol. The van der Waals surface area contributed by atoms with Crippen molar-refractivity contribution in [3.63, 3.8) is 0 Å². The van der Waals surface area contributed by atoms with Gasteiger partial charge in [0.05, 0.1) is 5.56 Å². The van der Waals surface area contributed by atoms with Gasteiger partial charge in [0, 0.05) is 18.9 Å². The Labute approximate surface area is 118 Å². The Morgan fingerprint density at radius 1 is 1.14 bits per heavy atom. The van der Waals surface area contributed by atoms with Gasteiger partial charge in [-0.2, -0.15) is 13.2 Å². The normalized spacial score (nSPS) is 11.2. The fourth-order valence-corrected chi connectivity index (χ4v) is 1.65. The lowest BCUT2D eigenvalue weighted by Crippen LogP contribution is -2.17. The summed E-state index contributed by atoms with van der Waals surface area (Å²) in [4.78, 5) is 18.8. The molecule has 2 rings (SSSR count). The maximum absolute atomic E-state index is 12.4. The number of primary amides is 1. The van der Waals surface area contributed by atoms with Crippen molar-refractivity contribution in [2.75, 3.05) is 5.32 Å². The summed E-state index contributed by atoms with van der Waals surface area (Å²) in [6, 6.07) is 4.66. The number of hydrogen-bond acceptors (Lipinski definition) is 4. The van der Waals surface area contributed by atoms with Crippen LogP contribution in [-0.2, 0) is 12.7 Å². The van der Waals surface area contributed by atoms with Crippen molar-refractivity contribution in [3.05, 3.63) is 53.5 Å². The highest BCUT2D eigenvalue weighted by Gasteiger charge is 2.29. The number of anilines is 1. The van der Waals surface area contributed by atoms with E-state index in [2.05, 4.69) is 15.3 Å². The summed E-state index contributed by atoms with van der Waals surface area (Å²) < 4.78 is 37.3. The van der Waals surface area contributed by atoms with Crippen LogP contribution in [0.4, 0.5) is 19.0 Å². The molecule has 0 radical (unpaired) electrons. The van der Waals surface area contributed by atoms with Crippen molar-refractivity contribution in [2.24, 2.45) is 5.73 Å². The van der Waals surface area contributed by atoms with Crippen LogP contribution in [0.15, 0.2) is 36.7 Å². The van der Waals surface area contributed by atoms with E-state index in [1.165, 1.54) is 24.5 Å². The van der Waals surface area contributed by atoms with Gasteiger partial charge >= 0.3 is 6.18 Å². The molecule has 1 heterocycles. The number of carbonyl (C=O) groups excluding carboxylic acids is 1. The molecule has 110 valence electrons. The van der Waals surface area contributed by atoms with Crippen LogP contribution in [0.2, 0.25) is 0 Å². The molecule has 0 aliphatic carbocycles. The molecule has 3 N–H and O–H groups in total. The van der Waals surface area contributed by atoms with Gasteiger partial charge in [-0.05, 0) is 17.7 Å². The first-order valence-corrected chi connectivity index (χ1v) is 5.89. The zero-order valence-corrected chi connectivity index (χ0v) is 10.7. The number of amides is 1. The number of halogens is 3. The standard InChI is InChI=1S/C13H11F3N4O/c14-13(15,16)9-3-1-8(2-4-9)7-20-12-10(11(17)21)18-5-6-19-12/h1-6H,7H2,(H2,17,21)(H,19,20). The first kappa shape index (κ1) is 14.8. The second-order valence-electron chi connectivity index (χ2n) is 4.17. The molecule has 0 atom stereocenters. The van der Waals surface area contributed by atoms with E-state index in [4.69, 9.17) is 5.73 Å². The molecule has 0 saturated carbocycles. The van der Waals surface area contributed by atoms with Gasteiger partial charge in [0.15, 0.2) is 11.5 Å². The molecule has 8 heteroatoms. The Morgan fingerprint density at radius 3 is 2.33 bits per heavy atom. The van der Waals surface area contributed by atoms with Gasteiger partial charge in [-0.3, -0.25) is 4.79 Å². The van der Waals surface area contributed by atoms with Gasteiger partial charge in [0.2, 0.25) is 0 Å². The summed E-state index contributed by atoms with van der Waals surface area (Å²) in [5.74, 6) is -0.553. The lowest BCUT2D eigenvalue weighted by atomic mass is 10.1. The molecule has 0 bridgehead atoms. The SMILES string of the molecule is NC(=O)c1nccnc1NCc1ccc(C(F)(F)F)cc1. The third kappa shape index (κ3) is 3.68. The van der Waals surface area contributed by atoms with Crippen molar-refractivity contribution in [1.82, 2.24) is 9.97 Å². The van der Waals surface area contributed by atoms with E-state index in [1.807, 2.05) is 0 Å². The Balaban J connectivity index is 2.09. The van der Waals surface area contributed by atoms with Crippen LogP contribution in [0.25, 0.3) is 0 Å². The van der Waals surface area contributed by atoms with Crippen molar-refractivity contribution in [1.29, 1.82) is 0 Å². The van der Waals surface area contributed by atoms with Crippen molar-refractivity contribution in [2.45, 2.75) is 12.7 Å². The predicted octanol–water partition coefficient (Wildman–Crippen LogP) is 2.21. The molecule has 0 aliphatic rings. The van der Waals surface area contributed by atoms with E-state index in [0.29, 0.717) is 5.56 Å². The minimum absolute atomic E-state index is 0.0237. The van der Waals surface area contributed by atoms with E-state index >= 15 is 0 Å². The summed E-state index contributed by atoms with van der Waals surface area (Å²) in [7, 11) is 0. The lowest BCUT2D eigenvalue weighted by molar-refractivity contribution is -0.137. The van der Waals surface area contributed by atoms with Crippen LogP contribution < -0.4 is 11.1 Å². The summed E-state index contributed by atoms with van der Waals surface area (Å²) in [5.41, 5.74) is 5.00. The number of nitrogens with two attached hydrogens (primary N) is 1. The first-order chi connectivity index (χ1) is 9.88. The maximum atomic E-state index is 12.4. The van der Waals surface area contributed by atoms with Gasteiger partial charge in [-0.15, -0.1) is 0 Å². The van der Waals surface area contributed by atoms with E-state index in [-0.39, 0.29) is 18.1 Å². The number of rotatable bonds is 4. The molecular weight excluding hydrogens is 285 g/mol. The van der Waals surface area contributed by atoms with E-state index in [1.54, 1.807) is 0 Å². The molecule has 1 amide bonds. The largest absolute Gasteiger partial charge is 0.416 e. The zero-order valence-electron chi connectivity index (χ0n) is 10.7. The number of benzene rings is 1. The molecule has 1 aromatic carbocycles. The summed E-state index contributed by atoms with van der Waals surface area (Å²) in [6.07, 6.45) is -1.67. The summed E-state index contributed by atoms with van der Waals surface area (Å²) in [6.45, 7) is 0.192. The molecule has 2 aromatic rings. The average molecular weight is 296 g/mol. The number of carbonyl (C=O) groups is 1. The first-order valence-electron chi connectivity index (χ1n) is 5.89. The molecule has 1 aromatic heterocycles. The quantitative estimate of drug-likeness (QED) is 0.906.